The molecule has 4 aromatic rings. The zero-order valence-electron chi connectivity index (χ0n) is 16.7. The van der Waals surface area contributed by atoms with E-state index in [0.717, 1.165) is 17.0 Å². The minimum Gasteiger partial charge on any atom is -0.497 e. The molecule has 4 rings (SSSR count). The Labute approximate surface area is 180 Å². The highest BCUT2D eigenvalue weighted by molar-refractivity contribution is 7.11. The van der Waals surface area contributed by atoms with Crippen molar-refractivity contribution >= 4 is 33.9 Å². The second-order valence-corrected chi connectivity index (χ2v) is 7.52. The average Bonchev–Trinajstić information content (AvgIpc) is 3.20. The molecule has 0 aliphatic heterocycles. The zero-order chi connectivity index (χ0) is 22.0. The number of thiazole rings is 1. The van der Waals surface area contributed by atoms with Gasteiger partial charge in [0.1, 0.15) is 16.1 Å². The Morgan fingerprint density at radius 3 is 2.77 bits per heavy atom. The highest BCUT2D eigenvalue weighted by Gasteiger charge is 2.19. The Hall–Kier alpha value is -3.72. The molecule has 0 aliphatic carbocycles. The van der Waals surface area contributed by atoms with Gasteiger partial charge in [-0.25, -0.2) is 14.2 Å². The quantitative estimate of drug-likeness (QED) is 0.492. The van der Waals surface area contributed by atoms with Crippen molar-refractivity contribution in [2.45, 2.75) is 13.5 Å². The van der Waals surface area contributed by atoms with Gasteiger partial charge in [-0.05, 0) is 30.7 Å². The van der Waals surface area contributed by atoms with Crippen LogP contribution in [0.1, 0.15) is 20.9 Å². The minimum absolute atomic E-state index is 0.104. The fourth-order valence-corrected chi connectivity index (χ4v) is 3.84. The van der Waals surface area contributed by atoms with E-state index in [4.69, 9.17) is 9.57 Å². The first-order valence-electron chi connectivity index (χ1n) is 9.31. The molecule has 0 atom stereocenters. The number of nitrogens with one attached hydrogen (secondary N) is 1. The molecule has 0 bridgehead atoms. The number of aromatic nitrogens is 2. The van der Waals surface area contributed by atoms with Crippen molar-refractivity contribution < 1.29 is 18.8 Å². The highest BCUT2D eigenvalue weighted by Crippen LogP contribution is 2.23. The van der Waals surface area contributed by atoms with Gasteiger partial charge in [-0.3, -0.25) is 4.79 Å². The maximum Gasteiger partial charge on any atom is 0.375 e. The van der Waals surface area contributed by atoms with Gasteiger partial charge in [0.15, 0.2) is 5.82 Å². The predicted molar refractivity (Wildman–Crippen MR) is 116 cm³/mol. The van der Waals surface area contributed by atoms with Crippen molar-refractivity contribution in [3.8, 4) is 5.75 Å². The number of rotatable bonds is 6. The molecule has 0 saturated carbocycles. The lowest BCUT2D eigenvalue weighted by Gasteiger charge is -2.14. The first-order valence-corrected chi connectivity index (χ1v) is 10.2. The van der Waals surface area contributed by atoms with Gasteiger partial charge < -0.3 is 14.9 Å². The number of ether oxygens (including phenoxy) is 1. The second-order valence-electron chi connectivity index (χ2n) is 6.67. The third-order valence-electron chi connectivity index (χ3n) is 4.69. The lowest BCUT2D eigenvalue weighted by Crippen LogP contribution is -2.32. The van der Waals surface area contributed by atoms with Crippen molar-refractivity contribution in [3.05, 3.63) is 86.3 Å². The predicted octanol–water partition coefficient (Wildman–Crippen LogP) is 3.80. The molecule has 2 aromatic carbocycles. The molecule has 0 spiro atoms. The van der Waals surface area contributed by atoms with E-state index in [1.165, 1.54) is 23.7 Å². The third-order valence-corrected chi connectivity index (χ3v) is 5.60. The van der Waals surface area contributed by atoms with Crippen molar-refractivity contribution in [1.29, 1.82) is 0 Å². The molecule has 0 aliphatic rings. The molecule has 0 amide bonds. The first kappa shape index (κ1) is 20.5. The lowest BCUT2D eigenvalue weighted by molar-refractivity contribution is 0.0468. The fourth-order valence-electron chi connectivity index (χ4n) is 3.17. The number of methoxy groups -OCH3 is 1. The van der Waals surface area contributed by atoms with Gasteiger partial charge in [0.2, 0.25) is 0 Å². The molecule has 158 valence electrons. The summed E-state index contributed by atoms with van der Waals surface area (Å²) in [4.78, 5) is 34.8. The van der Waals surface area contributed by atoms with Crippen molar-refractivity contribution in [1.82, 2.24) is 9.71 Å². The van der Waals surface area contributed by atoms with E-state index in [9.17, 15) is 14.0 Å². The Kier molecular flexibility index (Phi) is 5.68. The normalized spacial score (nSPS) is 10.8. The van der Waals surface area contributed by atoms with Crippen LogP contribution in [0.2, 0.25) is 0 Å². The van der Waals surface area contributed by atoms with Crippen molar-refractivity contribution in [2.24, 2.45) is 0 Å². The second kappa shape index (κ2) is 8.57. The van der Waals surface area contributed by atoms with Gasteiger partial charge in [0, 0.05) is 29.8 Å². The Morgan fingerprint density at radius 1 is 1.23 bits per heavy atom. The molecule has 0 fully saturated rings. The van der Waals surface area contributed by atoms with Gasteiger partial charge >= 0.3 is 5.97 Å². The number of halogens is 1. The van der Waals surface area contributed by atoms with Crippen LogP contribution in [0.4, 0.5) is 10.1 Å². The highest BCUT2D eigenvalue weighted by atomic mass is 32.1. The number of carbonyl (C=O) groups is 1. The molecule has 7 nitrogen and oxygen atoms in total. The molecule has 0 radical (unpaired) electrons. The van der Waals surface area contributed by atoms with Gasteiger partial charge in [-0.2, -0.15) is 0 Å². The van der Waals surface area contributed by atoms with E-state index >= 15 is 0 Å². The van der Waals surface area contributed by atoms with Crippen molar-refractivity contribution in [2.75, 3.05) is 12.4 Å². The number of hydrogen-bond donors (Lipinski definition) is 1. The van der Waals surface area contributed by atoms with Crippen LogP contribution in [-0.4, -0.2) is 22.8 Å². The van der Waals surface area contributed by atoms with Crippen LogP contribution in [0.15, 0.2) is 58.8 Å². The largest absolute Gasteiger partial charge is 0.497 e. The summed E-state index contributed by atoms with van der Waals surface area (Å²) in [6.45, 7) is 1.91. The smallest absolute Gasteiger partial charge is 0.375 e. The average molecular weight is 439 g/mol. The van der Waals surface area contributed by atoms with Crippen LogP contribution in [0.25, 0.3) is 10.9 Å². The number of benzene rings is 2. The summed E-state index contributed by atoms with van der Waals surface area (Å²) in [5, 5.41) is 3.65. The molecule has 2 heterocycles. The van der Waals surface area contributed by atoms with Gasteiger partial charge in [-0.15, -0.1) is 16.1 Å². The van der Waals surface area contributed by atoms with Crippen LogP contribution >= 0.6 is 11.3 Å². The summed E-state index contributed by atoms with van der Waals surface area (Å²) in [7, 11) is 1.57. The van der Waals surface area contributed by atoms with Crippen molar-refractivity contribution in [3.63, 3.8) is 0 Å². The van der Waals surface area contributed by atoms with E-state index in [1.54, 1.807) is 20.1 Å². The Balaban J connectivity index is 1.71. The van der Waals surface area contributed by atoms with Gasteiger partial charge in [0.25, 0.3) is 5.56 Å². The summed E-state index contributed by atoms with van der Waals surface area (Å²) in [6.07, 6.45) is 0. The van der Waals surface area contributed by atoms with Crippen LogP contribution in [0.5, 0.6) is 5.75 Å². The molecule has 1 N–H and O–H groups in total. The van der Waals surface area contributed by atoms with E-state index in [2.05, 4.69) is 10.3 Å². The number of pyridine rings is 1. The monoisotopic (exact) mass is 439 g/mol. The van der Waals surface area contributed by atoms with Gasteiger partial charge in [-0.1, -0.05) is 18.2 Å². The molecular formula is C22H18FN3O4S. The summed E-state index contributed by atoms with van der Waals surface area (Å²) < 4.78 is 20.6. The topological polar surface area (TPSA) is 82.5 Å². The third kappa shape index (κ3) is 4.13. The number of carbonyl (C=O) groups excluding carboxylic acids is 1. The number of para-hydroxylation sites is 1. The summed E-state index contributed by atoms with van der Waals surface area (Å²) >= 11 is 1.09. The SMILES string of the molecule is COc1cccc(NCc2cc(=O)n(OC(=O)c3scnc3C)c3c(F)cccc23)c1. The fraction of sp³-hybridized carbons (Fsp3) is 0.136. The summed E-state index contributed by atoms with van der Waals surface area (Å²) in [5.74, 6) is -0.762. The van der Waals surface area contributed by atoms with E-state index in [-0.39, 0.29) is 16.9 Å². The molecule has 0 saturated heterocycles. The summed E-state index contributed by atoms with van der Waals surface area (Å²) in [5.41, 5.74) is 2.56. The van der Waals surface area contributed by atoms with Gasteiger partial charge in [0.05, 0.1) is 18.3 Å². The molecule has 2 aromatic heterocycles. The lowest BCUT2D eigenvalue weighted by atomic mass is 10.1. The zero-order valence-corrected chi connectivity index (χ0v) is 17.5. The van der Waals surface area contributed by atoms with E-state index in [0.29, 0.717) is 27.1 Å². The van der Waals surface area contributed by atoms with Crippen LogP contribution in [-0.2, 0) is 6.54 Å². The molecule has 31 heavy (non-hydrogen) atoms. The van der Waals surface area contributed by atoms with Crippen LogP contribution in [0, 0.1) is 12.7 Å². The number of nitrogens with zero attached hydrogens (tertiary/aromatic N) is 2. The Bertz CT molecular complexity index is 1330. The molecule has 0 unspecified atom stereocenters. The van der Waals surface area contributed by atoms with Crippen LogP contribution in [0.3, 0.4) is 0 Å². The maximum atomic E-state index is 14.7. The van der Waals surface area contributed by atoms with Crippen LogP contribution < -0.4 is 20.5 Å². The summed E-state index contributed by atoms with van der Waals surface area (Å²) in [6, 6.07) is 13.0. The van der Waals surface area contributed by atoms with E-state index in [1.807, 2.05) is 24.3 Å². The number of fused-ring (bicyclic) bond motifs is 1. The number of aryl methyl sites for hydroxylation is 1. The first-order chi connectivity index (χ1) is 15.0. The molecule has 9 heteroatoms. The van der Waals surface area contributed by atoms with E-state index < -0.39 is 17.3 Å². The Morgan fingerprint density at radius 2 is 2.03 bits per heavy atom. The number of hydrogen-bond acceptors (Lipinski definition) is 7. The minimum atomic E-state index is -0.770. The number of anilines is 1. The maximum absolute atomic E-state index is 14.7. The molecular weight excluding hydrogens is 421 g/mol. The standard InChI is InChI=1S/C22H18FN3O4S/c1-13-21(31-12-25-13)22(28)30-26-19(27)9-14(17-7-4-8-18(23)20(17)26)11-24-15-5-3-6-16(10-15)29-2/h3-10,12,24H,11H2,1-2H3.